The number of H-pyrrole nitrogens is 1. The van der Waals surface area contributed by atoms with Crippen molar-refractivity contribution in [1.29, 1.82) is 0 Å². The molecule has 0 bridgehead atoms. The summed E-state index contributed by atoms with van der Waals surface area (Å²) in [6, 6.07) is 22.5. The average Bonchev–Trinajstić information content (AvgIpc) is 3.47. The summed E-state index contributed by atoms with van der Waals surface area (Å²) in [6.45, 7) is 3.29. The van der Waals surface area contributed by atoms with E-state index in [0.717, 1.165) is 41.0 Å². The molecule has 7 heteroatoms. The number of rotatable bonds is 10. The summed E-state index contributed by atoms with van der Waals surface area (Å²) < 4.78 is 11.3. The summed E-state index contributed by atoms with van der Waals surface area (Å²) in [4.78, 5) is 15.5. The lowest BCUT2D eigenvalue weighted by Gasteiger charge is -2.27. The van der Waals surface area contributed by atoms with Gasteiger partial charge < -0.3 is 19.5 Å². The molecule has 37 heavy (non-hydrogen) atoms. The van der Waals surface area contributed by atoms with Crippen molar-refractivity contribution in [2.75, 3.05) is 20.3 Å². The molecule has 1 aromatic heterocycles. The van der Waals surface area contributed by atoms with Crippen LogP contribution in [0.25, 0.3) is 11.3 Å². The number of nitrogens with zero attached hydrogens (tertiary/aromatic N) is 2. The molecule has 0 fully saturated rings. The highest BCUT2D eigenvalue weighted by Crippen LogP contribution is 2.44. The van der Waals surface area contributed by atoms with Gasteiger partial charge >= 0.3 is 0 Å². The minimum absolute atomic E-state index is 0.111. The number of methoxy groups -OCH3 is 1. The number of hydrogen-bond donors (Lipinski definition) is 2. The van der Waals surface area contributed by atoms with E-state index in [1.807, 2.05) is 65.6 Å². The van der Waals surface area contributed by atoms with E-state index in [-0.39, 0.29) is 17.7 Å². The van der Waals surface area contributed by atoms with Crippen molar-refractivity contribution in [3.63, 3.8) is 0 Å². The van der Waals surface area contributed by atoms with Gasteiger partial charge in [0.2, 0.25) is 0 Å². The maximum atomic E-state index is 13.7. The zero-order valence-electron chi connectivity index (χ0n) is 21.1. The van der Waals surface area contributed by atoms with Crippen LogP contribution in [0.1, 0.15) is 53.0 Å². The molecule has 5 rings (SSSR count). The van der Waals surface area contributed by atoms with Gasteiger partial charge in [0.05, 0.1) is 19.8 Å². The van der Waals surface area contributed by atoms with Crippen molar-refractivity contribution < 1.29 is 19.4 Å². The first-order chi connectivity index (χ1) is 18.1. The van der Waals surface area contributed by atoms with Gasteiger partial charge in [-0.3, -0.25) is 9.89 Å². The van der Waals surface area contributed by atoms with Gasteiger partial charge in [-0.1, -0.05) is 49.7 Å². The largest absolute Gasteiger partial charge is 0.507 e. The quantitative estimate of drug-likeness (QED) is 0.272. The van der Waals surface area contributed by atoms with E-state index >= 15 is 0 Å². The number of ether oxygens (including phenoxy) is 2. The number of benzene rings is 3. The van der Waals surface area contributed by atoms with Gasteiger partial charge in [-0.2, -0.15) is 5.10 Å². The predicted molar refractivity (Wildman–Crippen MR) is 142 cm³/mol. The van der Waals surface area contributed by atoms with Crippen LogP contribution in [0.4, 0.5) is 0 Å². The molecule has 0 saturated carbocycles. The van der Waals surface area contributed by atoms with E-state index < -0.39 is 0 Å². The number of carbonyl (C=O) groups excluding carboxylic acids is 1. The summed E-state index contributed by atoms with van der Waals surface area (Å²) in [6.07, 6.45) is 2.71. The van der Waals surface area contributed by atoms with Gasteiger partial charge in [-0.05, 0) is 60.4 Å². The Labute approximate surface area is 216 Å². The number of carbonyl (C=O) groups is 1. The smallest absolute Gasteiger partial charge is 0.273 e. The third-order valence-electron chi connectivity index (χ3n) is 6.76. The Balaban J connectivity index is 1.53. The third-order valence-corrected chi connectivity index (χ3v) is 6.76. The van der Waals surface area contributed by atoms with Crippen LogP contribution in [0.2, 0.25) is 0 Å². The number of aromatic amines is 1. The van der Waals surface area contributed by atoms with E-state index in [9.17, 15) is 9.90 Å². The van der Waals surface area contributed by atoms with Crippen LogP contribution in [-0.2, 0) is 6.42 Å². The molecule has 0 spiro atoms. The van der Waals surface area contributed by atoms with Gasteiger partial charge in [0.15, 0.2) is 0 Å². The van der Waals surface area contributed by atoms with Gasteiger partial charge in [-0.15, -0.1) is 0 Å². The molecule has 190 valence electrons. The van der Waals surface area contributed by atoms with Crippen LogP contribution >= 0.6 is 0 Å². The SMILES string of the molecule is CCCCOc1cccc([C@H]2c3c(-c4ccccc4O)n[nH]c3C(=O)N2CCc2ccc(OC)cc2)c1. The second-order valence-electron chi connectivity index (χ2n) is 9.15. The summed E-state index contributed by atoms with van der Waals surface area (Å²) >= 11 is 0. The molecular weight excluding hydrogens is 466 g/mol. The van der Waals surface area contributed by atoms with Crippen molar-refractivity contribution in [2.45, 2.75) is 32.2 Å². The van der Waals surface area contributed by atoms with E-state index in [1.54, 1.807) is 19.2 Å². The number of hydrogen-bond acceptors (Lipinski definition) is 5. The number of phenols is 1. The fourth-order valence-corrected chi connectivity index (χ4v) is 4.80. The van der Waals surface area contributed by atoms with Crippen LogP contribution in [0.3, 0.4) is 0 Å². The van der Waals surface area contributed by atoms with Crippen molar-refractivity contribution in [3.05, 3.63) is 95.2 Å². The number of fused-ring (bicyclic) bond motifs is 1. The molecule has 1 amide bonds. The van der Waals surface area contributed by atoms with Crippen molar-refractivity contribution in [3.8, 4) is 28.5 Å². The van der Waals surface area contributed by atoms with E-state index in [1.165, 1.54) is 0 Å². The second kappa shape index (κ2) is 10.8. The van der Waals surface area contributed by atoms with Crippen LogP contribution in [0.15, 0.2) is 72.8 Å². The summed E-state index contributed by atoms with van der Waals surface area (Å²) in [5.74, 6) is 1.58. The standard InChI is InChI=1S/C30H31N3O4/c1-3-4-18-37-23-9-7-8-21(19-23)29-26-27(24-10-5-6-11-25(24)34)31-32-28(26)30(35)33(29)17-16-20-12-14-22(36-2)15-13-20/h5-15,19,29,34H,3-4,16-18H2,1-2H3,(H,31,32)/t29-/m0/s1. The Morgan fingerprint density at radius 2 is 1.84 bits per heavy atom. The highest BCUT2D eigenvalue weighted by atomic mass is 16.5. The minimum atomic E-state index is -0.371. The molecule has 7 nitrogen and oxygen atoms in total. The number of aromatic nitrogens is 2. The minimum Gasteiger partial charge on any atom is -0.507 e. The highest BCUT2D eigenvalue weighted by Gasteiger charge is 2.42. The van der Waals surface area contributed by atoms with E-state index in [2.05, 4.69) is 17.1 Å². The molecule has 0 saturated heterocycles. The molecule has 0 aliphatic carbocycles. The zero-order chi connectivity index (χ0) is 25.8. The number of nitrogens with one attached hydrogen (secondary N) is 1. The second-order valence-corrected chi connectivity index (χ2v) is 9.15. The van der Waals surface area contributed by atoms with Gasteiger partial charge in [0.1, 0.15) is 28.6 Å². The van der Waals surface area contributed by atoms with Crippen LogP contribution in [-0.4, -0.2) is 46.4 Å². The molecule has 4 aromatic rings. The maximum Gasteiger partial charge on any atom is 0.273 e. The molecule has 1 aliphatic rings. The molecule has 2 heterocycles. The van der Waals surface area contributed by atoms with Crippen LogP contribution < -0.4 is 9.47 Å². The van der Waals surface area contributed by atoms with E-state index in [0.29, 0.717) is 36.5 Å². The Hall–Kier alpha value is -4.26. The summed E-state index contributed by atoms with van der Waals surface area (Å²) in [5.41, 5.74) is 4.44. The molecule has 1 aliphatic heterocycles. The number of para-hydroxylation sites is 1. The third kappa shape index (κ3) is 4.89. The first-order valence-electron chi connectivity index (χ1n) is 12.6. The molecule has 0 radical (unpaired) electrons. The van der Waals surface area contributed by atoms with Gasteiger partial charge in [0, 0.05) is 17.7 Å². The van der Waals surface area contributed by atoms with Gasteiger partial charge in [-0.25, -0.2) is 0 Å². The zero-order valence-corrected chi connectivity index (χ0v) is 21.1. The lowest BCUT2D eigenvalue weighted by atomic mass is 9.95. The number of unbranched alkanes of at least 4 members (excludes halogenated alkanes) is 1. The monoisotopic (exact) mass is 497 g/mol. The lowest BCUT2D eigenvalue weighted by Crippen LogP contribution is -2.31. The van der Waals surface area contributed by atoms with Crippen LogP contribution in [0, 0.1) is 0 Å². The normalized spacial score (nSPS) is 14.6. The Morgan fingerprint density at radius 3 is 2.59 bits per heavy atom. The first-order valence-corrected chi connectivity index (χ1v) is 12.6. The van der Waals surface area contributed by atoms with Crippen LogP contribution in [0.5, 0.6) is 17.2 Å². The molecule has 1 atom stereocenters. The van der Waals surface area contributed by atoms with Crippen molar-refractivity contribution in [2.24, 2.45) is 0 Å². The highest BCUT2D eigenvalue weighted by molar-refractivity contribution is 6.00. The fraction of sp³-hybridized carbons (Fsp3) is 0.267. The molecule has 2 N–H and O–H groups in total. The molecule has 0 unspecified atom stereocenters. The molecule has 3 aromatic carbocycles. The summed E-state index contributed by atoms with van der Waals surface area (Å²) in [7, 11) is 1.65. The Bertz CT molecular complexity index is 1380. The molecular formula is C30H31N3O4. The van der Waals surface area contributed by atoms with Crippen molar-refractivity contribution in [1.82, 2.24) is 15.1 Å². The Kier molecular flexibility index (Phi) is 7.12. The number of aromatic hydroxyl groups is 1. The van der Waals surface area contributed by atoms with Gasteiger partial charge in [0.25, 0.3) is 5.91 Å². The lowest BCUT2D eigenvalue weighted by molar-refractivity contribution is 0.0745. The fourth-order valence-electron chi connectivity index (χ4n) is 4.80. The average molecular weight is 498 g/mol. The Morgan fingerprint density at radius 1 is 1.03 bits per heavy atom. The first kappa shape index (κ1) is 24.4. The predicted octanol–water partition coefficient (Wildman–Crippen LogP) is 5.76. The van der Waals surface area contributed by atoms with Crippen molar-refractivity contribution >= 4 is 5.91 Å². The number of amides is 1. The maximum absolute atomic E-state index is 13.7. The van der Waals surface area contributed by atoms with E-state index in [4.69, 9.17) is 9.47 Å². The number of phenolic OH excluding ortho intramolecular Hbond substituents is 1. The summed E-state index contributed by atoms with van der Waals surface area (Å²) in [5, 5.41) is 18.0. The topological polar surface area (TPSA) is 87.7 Å².